The number of carbonyl (C=O) groups is 2. The minimum absolute atomic E-state index is 0.0601. The third-order valence-electron chi connectivity index (χ3n) is 4.59. The molecule has 1 aliphatic rings. The first-order valence-electron chi connectivity index (χ1n) is 8.95. The SMILES string of the molecule is O=C1C(Cl)=C(Nc2cccc(S(=O)(=O)Cc3ccccn3)c2)C(=O)c2ccccc21. The van der Waals surface area contributed by atoms with Crippen LogP contribution < -0.4 is 5.32 Å². The maximum Gasteiger partial charge on any atom is 0.211 e. The molecule has 0 spiro atoms. The van der Waals surface area contributed by atoms with E-state index in [2.05, 4.69) is 10.3 Å². The van der Waals surface area contributed by atoms with Crippen LogP contribution >= 0.6 is 11.6 Å². The highest BCUT2D eigenvalue weighted by molar-refractivity contribution is 7.90. The minimum Gasteiger partial charge on any atom is -0.351 e. The highest BCUT2D eigenvalue weighted by Gasteiger charge is 2.31. The highest BCUT2D eigenvalue weighted by Crippen LogP contribution is 2.30. The number of fused-ring (bicyclic) bond motifs is 1. The molecule has 2 aromatic carbocycles. The van der Waals surface area contributed by atoms with Crippen molar-refractivity contribution < 1.29 is 18.0 Å². The van der Waals surface area contributed by atoms with Crippen molar-refractivity contribution in [3.05, 3.63) is 100 Å². The molecular weight excluding hydrogens is 424 g/mol. The minimum atomic E-state index is -3.67. The van der Waals surface area contributed by atoms with Crippen molar-refractivity contribution in [2.45, 2.75) is 10.6 Å². The van der Waals surface area contributed by atoms with Gasteiger partial charge in [0.1, 0.15) is 10.7 Å². The van der Waals surface area contributed by atoms with Crippen LogP contribution in [0.1, 0.15) is 26.4 Å². The number of benzene rings is 2. The fourth-order valence-corrected chi connectivity index (χ4v) is 4.68. The lowest BCUT2D eigenvalue weighted by atomic mass is 9.92. The largest absolute Gasteiger partial charge is 0.351 e. The summed E-state index contributed by atoms with van der Waals surface area (Å²) in [7, 11) is -3.67. The Kier molecular flexibility index (Phi) is 5.24. The molecule has 30 heavy (non-hydrogen) atoms. The molecule has 0 aliphatic heterocycles. The molecule has 0 amide bonds. The van der Waals surface area contributed by atoms with Gasteiger partial charge in [0, 0.05) is 23.0 Å². The first-order valence-corrected chi connectivity index (χ1v) is 11.0. The molecule has 8 heteroatoms. The second-order valence-electron chi connectivity index (χ2n) is 6.63. The van der Waals surface area contributed by atoms with Crippen LogP contribution in [0.5, 0.6) is 0 Å². The molecule has 150 valence electrons. The van der Waals surface area contributed by atoms with Gasteiger partial charge in [0.15, 0.2) is 9.84 Å². The molecule has 4 rings (SSSR count). The molecule has 0 saturated carbocycles. The summed E-state index contributed by atoms with van der Waals surface area (Å²) in [6, 6.07) is 17.5. The fraction of sp³-hybridized carbons (Fsp3) is 0.0455. The lowest BCUT2D eigenvalue weighted by Crippen LogP contribution is -2.24. The van der Waals surface area contributed by atoms with E-state index in [-0.39, 0.29) is 32.5 Å². The van der Waals surface area contributed by atoms with Gasteiger partial charge in [-0.15, -0.1) is 0 Å². The van der Waals surface area contributed by atoms with Gasteiger partial charge < -0.3 is 5.32 Å². The summed E-state index contributed by atoms with van der Waals surface area (Å²) in [5, 5.41) is 2.59. The van der Waals surface area contributed by atoms with Crippen LogP contribution in [0.15, 0.2) is 88.6 Å². The number of rotatable bonds is 5. The average molecular weight is 439 g/mol. The van der Waals surface area contributed by atoms with Gasteiger partial charge in [-0.3, -0.25) is 14.6 Å². The van der Waals surface area contributed by atoms with E-state index in [0.29, 0.717) is 11.4 Å². The van der Waals surface area contributed by atoms with Crippen LogP contribution in [-0.2, 0) is 15.6 Å². The molecule has 1 heterocycles. The Bertz CT molecular complexity index is 1300. The smallest absolute Gasteiger partial charge is 0.211 e. The van der Waals surface area contributed by atoms with E-state index in [4.69, 9.17) is 11.6 Å². The Hall–Kier alpha value is -3.29. The van der Waals surface area contributed by atoms with Crippen LogP contribution in [0.2, 0.25) is 0 Å². The molecular formula is C22H15ClN2O4S. The Morgan fingerprint density at radius 2 is 1.57 bits per heavy atom. The summed E-state index contributed by atoms with van der Waals surface area (Å²) in [4.78, 5) is 29.4. The summed E-state index contributed by atoms with van der Waals surface area (Å²) >= 11 is 6.16. The molecule has 3 aromatic rings. The molecule has 0 atom stereocenters. The summed E-state index contributed by atoms with van der Waals surface area (Å²) in [5.74, 6) is -1.16. The van der Waals surface area contributed by atoms with Crippen molar-refractivity contribution in [1.82, 2.24) is 4.98 Å². The van der Waals surface area contributed by atoms with Crippen molar-refractivity contribution in [3.8, 4) is 0 Å². The number of halogens is 1. The Morgan fingerprint density at radius 1 is 0.867 bits per heavy atom. The van der Waals surface area contributed by atoms with Crippen molar-refractivity contribution in [1.29, 1.82) is 0 Å². The first-order chi connectivity index (χ1) is 14.4. The standard InChI is InChI=1S/C22H15ClN2O4S/c23-19-20(22(27)18-10-2-1-9-17(18)21(19)26)25-14-7-5-8-16(12-14)30(28,29)13-15-6-3-4-11-24-15/h1-12,25H,13H2. The van der Waals surface area contributed by atoms with E-state index in [1.807, 2.05) is 0 Å². The topological polar surface area (TPSA) is 93.2 Å². The lowest BCUT2D eigenvalue weighted by molar-refractivity contribution is 0.0982. The zero-order valence-electron chi connectivity index (χ0n) is 15.5. The van der Waals surface area contributed by atoms with E-state index in [0.717, 1.165) is 0 Å². The number of pyridine rings is 1. The fourth-order valence-electron chi connectivity index (χ4n) is 3.13. The van der Waals surface area contributed by atoms with Crippen molar-refractivity contribution in [3.63, 3.8) is 0 Å². The maximum absolute atomic E-state index is 12.8. The van der Waals surface area contributed by atoms with Crippen molar-refractivity contribution in [2.75, 3.05) is 5.32 Å². The van der Waals surface area contributed by atoms with E-state index >= 15 is 0 Å². The van der Waals surface area contributed by atoms with Gasteiger partial charge in [-0.05, 0) is 30.3 Å². The Balaban J connectivity index is 1.65. The molecule has 0 saturated heterocycles. The van der Waals surface area contributed by atoms with Gasteiger partial charge in [-0.25, -0.2) is 8.42 Å². The number of aromatic nitrogens is 1. The molecule has 1 aromatic heterocycles. The van der Waals surface area contributed by atoms with Gasteiger partial charge in [0.05, 0.1) is 16.3 Å². The van der Waals surface area contributed by atoms with Gasteiger partial charge >= 0.3 is 0 Å². The molecule has 0 radical (unpaired) electrons. The second-order valence-corrected chi connectivity index (χ2v) is 8.99. The van der Waals surface area contributed by atoms with Crippen LogP contribution in [0.4, 0.5) is 5.69 Å². The summed E-state index contributed by atoms with van der Waals surface area (Å²) in [6.45, 7) is 0. The van der Waals surface area contributed by atoms with E-state index < -0.39 is 21.4 Å². The number of nitrogens with one attached hydrogen (secondary N) is 1. The second kappa shape index (κ2) is 7.85. The number of hydrogen-bond acceptors (Lipinski definition) is 6. The number of allylic oxidation sites excluding steroid dienone is 2. The normalized spacial score (nSPS) is 13.9. The molecule has 1 N–H and O–H groups in total. The van der Waals surface area contributed by atoms with E-state index in [1.165, 1.54) is 18.3 Å². The molecule has 0 fully saturated rings. The molecule has 0 bridgehead atoms. The summed E-state index contributed by atoms with van der Waals surface area (Å²) < 4.78 is 25.5. The predicted octanol–water partition coefficient (Wildman–Crippen LogP) is 4.00. The number of anilines is 1. The highest BCUT2D eigenvalue weighted by atomic mass is 35.5. The Labute approximate surface area is 178 Å². The van der Waals surface area contributed by atoms with Crippen molar-refractivity contribution in [2.24, 2.45) is 0 Å². The molecule has 0 unspecified atom stereocenters. The van der Waals surface area contributed by atoms with E-state index in [1.54, 1.807) is 54.6 Å². The van der Waals surface area contributed by atoms with Crippen LogP contribution in [0, 0.1) is 0 Å². The summed E-state index contributed by atoms with van der Waals surface area (Å²) in [5.41, 5.74) is 1.15. The number of nitrogens with zero attached hydrogens (tertiary/aromatic N) is 1. The van der Waals surface area contributed by atoms with Gasteiger partial charge in [-0.2, -0.15) is 0 Å². The quantitative estimate of drug-likeness (QED) is 0.647. The maximum atomic E-state index is 12.8. The van der Waals surface area contributed by atoms with Gasteiger partial charge in [-0.1, -0.05) is 48.0 Å². The number of sulfone groups is 1. The van der Waals surface area contributed by atoms with Crippen molar-refractivity contribution >= 4 is 38.7 Å². The van der Waals surface area contributed by atoms with E-state index in [9.17, 15) is 18.0 Å². The lowest BCUT2D eigenvalue weighted by Gasteiger charge is -2.19. The first kappa shape index (κ1) is 20.0. The number of carbonyl (C=O) groups excluding carboxylic acids is 2. The monoisotopic (exact) mass is 438 g/mol. The van der Waals surface area contributed by atoms with Crippen LogP contribution in [0.25, 0.3) is 0 Å². The number of hydrogen-bond donors (Lipinski definition) is 1. The van der Waals surface area contributed by atoms with Gasteiger partial charge in [0.25, 0.3) is 0 Å². The number of Topliss-reactive ketones (excluding diaryl/α,β-unsaturated/α-hetero) is 2. The van der Waals surface area contributed by atoms with Crippen LogP contribution in [0.3, 0.4) is 0 Å². The van der Waals surface area contributed by atoms with Gasteiger partial charge in [0.2, 0.25) is 11.6 Å². The van der Waals surface area contributed by atoms with Crippen LogP contribution in [-0.4, -0.2) is 25.0 Å². The zero-order chi connectivity index (χ0) is 21.3. The summed E-state index contributed by atoms with van der Waals surface area (Å²) in [6.07, 6.45) is 1.53. The third kappa shape index (κ3) is 3.77. The molecule has 1 aliphatic carbocycles. The third-order valence-corrected chi connectivity index (χ3v) is 6.60. The molecule has 6 nitrogen and oxygen atoms in total. The Morgan fingerprint density at radius 3 is 2.27 bits per heavy atom. The zero-order valence-corrected chi connectivity index (χ0v) is 17.1. The average Bonchev–Trinajstić information content (AvgIpc) is 2.76. The number of ketones is 2. The predicted molar refractivity (Wildman–Crippen MR) is 113 cm³/mol.